The average Bonchev–Trinajstić information content (AvgIpc) is 3.10. The highest BCUT2D eigenvalue weighted by Crippen LogP contribution is 2.21. The quantitative estimate of drug-likeness (QED) is 0.648. The topological polar surface area (TPSA) is 50.4 Å². The molecule has 6 heteroatoms. The molecule has 0 saturated heterocycles. The number of hydrogen-bond acceptors (Lipinski definition) is 4. The minimum atomic E-state index is 0. The molecule has 0 unspecified atom stereocenters. The Morgan fingerprint density at radius 1 is 0.923 bits per heavy atom. The highest BCUT2D eigenvalue weighted by Gasteiger charge is 2.05. The summed E-state index contributed by atoms with van der Waals surface area (Å²) in [6, 6.07) is 17.7. The van der Waals surface area contributed by atoms with Gasteiger partial charge in [0, 0.05) is 18.3 Å². The number of ether oxygens (including phenoxy) is 2. The molecule has 1 heterocycles. The SMILES string of the molecule is CN(C)CCOc1ccc(-c2c[nH]c(COc3ccccc3)n2)cc1.Cl. The van der Waals surface area contributed by atoms with Crippen LogP contribution in [0.1, 0.15) is 5.82 Å². The number of hydrogen-bond donors (Lipinski definition) is 1. The first-order chi connectivity index (χ1) is 12.2. The van der Waals surface area contributed by atoms with E-state index in [0.717, 1.165) is 35.1 Å². The van der Waals surface area contributed by atoms with Crippen LogP contribution in [-0.2, 0) is 6.61 Å². The van der Waals surface area contributed by atoms with E-state index in [1.807, 2.05) is 74.9 Å². The smallest absolute Gasteiger partial charge is 0.146 e. The van der Waals surface area contributed by atoms with Gasteiger partial charge in [-0.3, -0.25) is 0 Å². The summed E-state index contributed by atoms with van der Waals surface area (Å²) in [4.78, 5) is 9.84. The van der Waals surface area contributed by atoms with Gasteiger partial charge in [0.25, 0.3) is 0 Å². The Hall–Kier alpha value is -2.50. The Kier molecular flexibility index (Phi) is 7.51. The molecule has 0 bridgehead atoms. The molecule has 0 fully saturated rings. The predicted octanol–water partition coefficient (Wildman–Crippen LogP) is 4.02. The van der Waals surface area contributed by atoms with E-state index >= 15 is 0 Å². The van der Waals surface area contributed by atoms with Gasteiger partial charge in [-0.2, -0.15) is 0 Å². The lowest BCUT2D eigenvalue weighted by molar-refractivity contribution is 0.261. The first-order valence-electron chi connectivity index (χ1n) is 8.31. The van der Waals surface area contributed by atoms with Crippen LogP contribution in [-0.4, -0.2) is 42.1 Å². The van der Waals surface area contributed by atoms with Crippen molar-refractivity contribution in [3.63, 3.8) is 0 Å². The summed E-state index contributed by atoms with van der Waals surface area (Å²) in [5, 5.41) is 0. The van der Waals surface area contributed by atoms with Gasteiger partial charge in [-0.05, 0) is 50.5 Å². The van der Waals surface area contributed by atoms with Gasteiger partial charge in [-0.25, -0.2) is 4.98 Å². The molecule has 0 aliphatic carbocycles. The van der Waals surface area contributed by atoms with Gasteiger partial charge < -0.3 is 19.4 Å². The molecule has 0 spiro atoms. The van der Waals surface area contributed by atoms with E-state index in [1.54, 1.807) is 0 Å². The van der Waals surface area contributed by atoms with E-state index in [2.05, 4.69) is 14.9 Å². The number of aromatic amines is 1. The van der Waals surface area contributed by atoms with Gasteiger partial charge in [-0.1, -0.05) is 18.2 Å². The van der Waals surface area contributed by atoms with Gasteiger partial charge in [0.1, 0.15) is 30.5 Å². The van der Waals surface area contributed by atoms with Crippen LogP contribution in [0.4, 0.5) is 0 Å². The maximum absolute atomic E-state index is 5.71. The normalized spacial score (nSPS) is 10.4. The fourth-order valence-electron chi connectivity index (χ4n) is 2.32. The molecule has 5 nitrogen and oxygen atoms in total. The minimum Gasteiger partial charge on any atom is -0.492 e. The molecule has 3 rings (SSSR count). The molecule has 2 aromatic carbocycles. The predicted molar refractivity (Wildman–Crippen MR) is 106 cm³/mol. The van der Waals surface area contributed by atoms with Gasteiger partial charge in [0.2, 0.25) is 0 Å². The van der Waals surface area contributed by atoms with Crippen LogP contribution in [0.2, 0.25) is 0 Å². The maximum atomic E-state index is 5.71. The molecular formula is C20H24ClN3O2. The maximum Gasteiger partial charge on any atom is 0.146 e. The van der Waals surface area contributed by atoms with Gasteiger partial charge in [0.05, 0.1) is 5.69 Å². The van der Waals surface area contributed by atoms with Crippen LogP contribution >= 0.6 is 12.4 Å². The number of halogens is 1. The van der Waals surface area contributed by atoms with E-state index in [0.29, 0.717) is 13.2 Å². The first kappa shape index (κ1) is 19.8. The lowest BCUT2D eigenvalue weighted by atomic mass is 10.2. The molecule has 0 radical (unpaired) electrons. The number of aromatic nitrogens is 2. The highest BCUT2D eigenvalue weighted by atomic mass is 35.5. The second kappa shape index (κ2) is 9.85. The zero-order chi connectivity index (χ0) is 17.5. The van der Waals surface area contributed by atoms with Crippen molar-refractivity contribution in [3.05, 3.63) is 66.6 Å². The molecule has 0 amide bonds. The number of likely N-dealkylation sites (N-methyl/N-ethyl adjacent to an activating group) is 1. The summed E-state index contributed by atoms with van der Waals surface area (Å²) < 4.78 is 11.4. The Labute approximate surface area is 160 Å². The summed E-state index contributed by atoms with van der Waals surface area (Å²) in [5.41, 5.74) is 1.94. The fraction of sp³-hybridized carbons (Fsp3) is 0.250. The summed E-state index contributed by atoms with van der Waals surface area (Å²) in [6.45, 7) is 1.98. The van der Waals surface area contributed by atoms with E-state index in [4.69, 9.17) is 9.47 Å². The van der Waals surface area contributed by atoms with Crippen LogP contribution in [0.15, 0.2) is 60.8 Å². The number of para-hydroxylation sites is 1. The van der Waals surface area contributed by atoms with Crippen molar-refractivity contribution in [2.24, 2.45) is 0 Å². The second-order valence-electron chi connectivity index (χ2n) is 6.01. The first-order valence-corrected chi connectivity index (χ1v) is 8.31. The van der Waals surface area contributed by atoms with E-state index in [9.17, 15) is 0 Å². The van der Waals surface area contributed by atoms with Crippen LogP contribution in [0.3, 0.4) is 0 Å². The number of nitrogens with one attached hydrogen (secondary N) is 1. The molecule has 0 aliphatic rings. The van der Waals surface area contributed by atoms with E-state index in [1.165, 1.54) is 0 Å². The van der Waals surface area contributed by atoms with Crippen molar-refractivity contribution in [1.82, 2.24) is 14.9 Å². The number of rotatable bonds is 8. The molecule has 0 atom stereocenters. The summed E-state index contributed by atoms with van der Waals surface area (Å²) >= 11 is 0. The molecule has 1 N–H and O–H groups in total. The van der Waals surface area contributed by atoms with Crippen molar-refractivity contribution >= 4 is 12.4 Å². The number of imidazole rings is 1. The fourth-order valence-corrected chi connectivity index (χ4v) is 2.32. The number of H-pyrrole nitrogens is 1. The average molecular weight is 374 g/mol. The Morgan fingerprint density at radius 3 is 2.31 bits per heavy atom. The van der Waals surface area contributed by atoms with Crippen molar-refractivity contribution in [1.29, 1.82) is 0 Å². The Bertz CT molecular complexity index is 773. The third kappa shape index (κ3) is 5.79. The van der Waals surface area contributed by atoms with Crippen LogP contribution in [0, 0.1) is 0 Å². The molecule has 138 valence electrons. The molecule has 3 aromatic rings. The second-order valence-corrected chi connectivity index (χ2v) is 6.01. The Morgan fingerprint density at radius 2 is 1.62 bits per heavy atom. The summed E-state index contributed by atoms with van der Waals surface area (Å²) in [7, 11) is 4.06. The number of nitrogens with zero attached hydrogens (tertiary/aromatic N) is 2. The number of benzene rings is 2. The summed E-state index contributed by atoms with van der Waals surface area (Å²) in [6.07, 6.45) is 1.89. The summed E-state index contributed by atoms with van der Waals surface area (Å²) in [5.74, 6) is 2.50. The van der Waals surface area contributed by atoms with Gasteiger partial charge in [0.15, 0.2) is 0 Å². The molecule has 0 saturated carbocycles. The van der Waals surface area contributed by atoms with Crippen molar-refractivity contribution in [2.45, 2.75) is 6.61 Å². The van der Waals surface area contributed by atoms with Crippen LogP contribution in [0.5, 0.6) is 11.5 Å². The van der Waals surface area contributed by atoms with Crippen LogP contribution < -0.4 is 9.47 Å². The highest BCUT2D eigenvalue weighted by molar-refractivity contribution is 5.85. The van der Waals surface area contributed by atoms with Crippen molar-refractivity contribution < 1.29 is 9.47 Å². The lowest BCUT2D eigenvalue weighted by Gasteiger charge is -2.11. The third-order valence-corrected chi connectivity index (χ3v) is 3.71. The molecule has 26 heavy (non-hydrogen) atoms. The minimum absolute atomic E-state index is 0. The van der Waals surface area contributed by atoms with Gasteiger partial charge in [-0.15, -0.1) is 12.4 Å². The van der Waals surface area contributed by atoms with E-state index < -0.39 is 0 Å². The Balaban J connectivity index is 0.00000243. The lowest BCUT2D eigenvalue weighted by Crippen LogP contribution is -2.19. The molecule has 1 aromatic heterocycles. The van der Waals surface area contributed by atoms with E-state index in [-0.39, 0.29) is 12.4 Å². The standard InChI is InChI=1S/C20H23N3O2.ClH/c1-23(2)12-13-24-18-10-8-16(9-11-18)19-14-21-20(22-19)15-25-17-6-4-3-5-7-17;/h3-11,14H,12-13,15H2,1-2H3,(H,21,22);1H. The largest absolute Gasteiger partial charge is 0.492 e. The molecule has 0 aliphatic heterocycles. The zero-order valence-electron chi connectivity index (χ0n) is 15.0. The third-order valence-electron chi connectivity index (χ3n) is 3.71. The van der Waals surface area contributed by atoms with Gasteiger partial charge >= 0.3 is 0 Å². The molecular weight excluding hydrogens is 350 g/mol. The van der Waals surface area contributed by atoms with Crippen LogP contribution in [0.25, 0.3) is 11.3 Å². The zero-order valence-corrected chi connectivity index (χ0v) is 15.8. The van der Waals surface area contributed by atoms with Crippen molar-refractivity contribution in [3.8, 4) is 22.8 Å². The van der Waals surface area contributed by atoms with Crippen molar-refractivity contribution in [2.75, 3.05) is 27.2 Å². The monoisotopic (exact) mass is 373 g/mol.